The number of benzene rings is 3. The number of rotatable bonds is 9. The maximum atomic E-state index is 15.1. The zero-order valence-electron chi connectivity index (χ0n) is 28.1. The van der Waals surface area contributed by atoms with Crippen LogP contribution >= 0.6 is 11.6 Å². The van der Waals surface area contributed by atoms with Gasteiger partial charge in [0.15, 0.2) is 0 Å². The number of methoxy groups -OCH3 is 2. The maximum absolute atomic E-state index is 15.1. The highest BCUT2D eigenvalue weighted by molar-refractivity contribution is 7.93. The summed E-state index contributed by atoms with van der Waals surface area (Å²) in [5, 5.41) is 0.218. The molecule has 2 amide bonds. The summed E-state index contributed by atoms with van der Waals surface area (Å²) in [5.74, 6) is -0.432. The number of nitrogens with zero attached hydrogens (tertiary/aromatic N) is 4. The third-order valence-electron chi connectivity index (χ3n) is 9.51. The van der Waals surface area contributed by atoms with Gasteiger partial charge in [-0.05, 0) is 63.2 Å². The first-order valence-electron chi connectivity index (χ1n) is 16.3. The Morgan fingerprint density at radius 2 is 1.61 bits per heavy atom. The number of ether oxygens (including phenoxy) is 4. The molecule has 3 aromatic carbocycles. The number of halogens is 1. The van der Waals surface area contributed by atoms with Gasteiger partial charge in [-0.15, -0.1) is 0 Å². The van der Waals surface area contributed by atoms with Crippen LogP contribution in [0.25, 0.3) is 0 Å². The summed E-state index contributed by atoms with van der Waals surface area (Å²) in [6.45, 7) is 6.79. The average Bonchev–Trinajstić information content (AvgIpc) is 3.36. The third kappa shape index (κ3) is 6.29. The largest absolute Gasteiger partial charge is 0.497 e. The number of piperazine rings is 1. The van der Waals surface area contributed by atoms with E-state index in [1.807, 2.05) is 0 Å². The van der Waals surface area contributed by atoms with Crippen LogP contribution in [-0.4, -0.2) is 108 Å². The summed E-state index contributed by atoms with van der Waals surface area (Å²) in [7, 11) is 0.220. The van der Waals surface area contributed by atoms with Crippen LogP contribution in [0.4, 0.5) is 10.5 Å². The zero-order chi connectivity index (χ0) is 34.9. The van der Waals surface area contributed by atoms with Gasteiger partial charge >= 0.3 is 6.09 Å². The van der Waals surface area contributed by atoms with Crippen LogP contribution in [-0.2, 0) is 25.2 Å². The lowest BCUT2D eigenvalue weighted by Gasteiger charge is -2.42. The molecule has 2 fully saturated rings. The van der Waals surface area contributed by atoms with E-state index in [9.17, 15) is 13.2 Å². The van der Waals surface area contributed by atoms with Gasteiger partial charge in [-0.25, -0.2) is 13.2 Å². The van der Waals surface area contributed by atoms with Crippen molar-refractivity contribution in [1.29, 1.82) is 0 Å². The van der Waals surface area contributed by atoms with E-state index in [4.69, 9.17) is 30.5 Å². The number of carbonyl (C=O) groups excluding carboxylic acids is 2. The second kappa shape index (κ2) is 14.1. The van der Waals surface area contributed by atoms with Crippen molar-refractivity contribution in [2.75, 3.05) is 71.4 Å². The fourth-order valence-corrected chi connectivity index (χ4v) is 8.68. The van der Waals surface area contributed by atoms with Crippen LogP contribution < -0.4 is 18.5 Å². The number of piperidine rings is 1. The lowest BCUT2D eigenvalue weighted by atomic mass is 9.86. The lowest BCUT2D eigenvalue weighted by Crippen LogP contribution is -2.54. The summed E-state index contributed by atoms with van der Waals surface area (Å²) in [6.07, 6.45) is 0.744. The Bertz CT molecular complexity index is 1830. The number of likely N-dealkylation sites (N-methyl/N-ethyl adjacent to an activating group) is 1. The number of sulfonamides is 1. The van der Waals surface area contributed by atoms with Gasteiger partial charge in [0.25, 0.3) is 15.9 Å². The van der Waals surface area contributed by atoms with Gasteiger partial charge in [-0.1, -0.05) is 29.8 Å². The van der Waals surface area contributed by atoms with Crippen LogP contribution in [0.2, 0.25) is 5.02 Å². The second-order valence-electron chi connectivity index (χ2n) is 12.3. The predicted molar refractivity (Wildman–Crippen MR) is 184 cm³/mol. The fraction of sp³-hybridized carbons (Fsp3) is 0.429. The first-order valence-corrected chi connectivity index (χ1v) is 18.1. The molecule has 0 radical (unpaired) electrons. The quantitative estimate of drug-likeness (QED) is 0.312. The topological polar surface area (TPSA) is 118 Å². The molecular formula is C35H41ClN4O8S. The van der Waals surface area contributed by atoms with Crippen molar-refractivity contribution in [2.45, 2.75) is 36.3 Å². The molecule has 0 aliphatic carbocycles. The number of para-hydroxylation sites is 1. The molecule has 12 nitrogen and oxygen atoms in total. The number of fused-ring (bicyclic) bond motifs is 1. The molecule has 3 aliphatic rings. The number of amides is 2. The van der Waals surface area contributed by atoms with Crippen molar-refractivity contribution >= 4 is 39.3 Å². The van der Waals surface area contributed by atoms with Crippen molar-refractivity contribution in [3.05, 3.63) is 76.8 Å². The van der Waals surface area contributed by atoms with Crippen molar-refractivity contribution in [1.82, 2.24) is 14.7 Å². The second-order valence-corrected chi connectivity index (χ2v) is 14.5. The Hall–Kier alpha value is -4.04. The van der Waals surface area contributed by atoms with Gasteiger partial charge in [-0.3, -0.25) is 9.69 Å². The molecule has 3 heterocycles. The molecule has 0 saturated carbocycles. The normalized spacial score (nSPS) is 20.6. The minimum atomic E-state index is -4.66. The summed E-state index contributed by atoms with van der Waals surface area (Å²) < 4.78 is 52.8. The molecule has 49 heavy (non-hydrogen) atoms. The molecule has 0 aromatic heterocycles. The highest BCUT2D eigenvalue weighted by Crippen LogP contribution is 2.53. The van der Waals surface area contributed by atoms with Crippen molar-refractivity contribution in [3.8, 4) is 17.2 Å². The maximum Gasteiger partial charge on any atom is 0.411 e. The molecule has 3 aromatic rings. The van der Waals surface area contributed by atoms with E-state index in [1.165, 1.54) is 50.6 Å². The highest BCUT2D eigenvalue weighted by Gasteiger charge is 2.61. The monoisotopic (exact) mass is 712 g/mol. The first-order chi connectivity index (χ1) is 23.5. The Labute approximate surface area is 292 Å². The molecule has 3 aliphatic heterocycles. The lowest BCUT2D eigenvalue weighted by molar-refractivity contribution is -0.132. The molecule has 1 atom stereocenters. The molecule has 2 saturated heterocycles. The summed E-state index contributed by atoms with van der Waals surface area (Å²) in [4.78, 5) is 35.4. The van der Waals surface area contributed by atoms with Gasteiger partial charge < -0.3 is 28.7 Å². The van der Waals surface area contributed by atoms with Gasteiger partial charge in [0.1, 0.15) is 22.1 Å². The summed E-state index contributed by atoms with van der Waals surface area (Å²) in [5.41, 5.74) is -2.01. The molecule has 0 bridgehead atoms. The molecule has 6 rings (SSSR count). The number of anilines is 1. The number of carbonyl (C=O) groups is 2. The van der Waals surface area contributed by atoms with Crippen molar-refractivity contribution < 1.29 is 37.0 Å². The number of hydrogen-bond acceptors (Lipinski definition) is 10. The Morgan fingerprint density at radius 1 is 0.898 bits per heavy atom. The third-order valence-corrected chi connectivity index (χ3v) is 11.5. The van der Waals surface area contributed by atoms with Crippen molar-refractivity contribution in [3.63, 3.8) is 0 Å². The van der Waals surface area contributed by atoms with Gasteiger partial charge in [0.05, 0.1) is 32.1 Å². The van der Waals surface area contributed by atoms with Crippen molar-refractivity contribution in [2.24, 2.45) is 0 Å². The van der Waals surface area contributed by atoms with Crippen LogP contribution in [0.3, 0.4) is 0 Å². The predicted octanol–water partition coefficient (Wildman–Crippen LogP) is 4.58. The van der Waals surface area contributed by atoms with Gasteiger partial charge in [-0.2, -0.15) is 4.31 Å². The number of likely N-dealkylation sites (tertiary alicyclic amines) is 1. The molecule has 0 N–H and O–H groups in total. The van der Waals surface area contributed by atoms with Crippen LogP contribution in [0.15, 0.2) is 65.6 Å². The minimum Gasteiger partial charge on any atom is -0.497 e. The molecule has 1 unspecified atom stereocenters. The molecular weight excluding hydrogens is 672 g/mol. The SMILES string of the molecule is CCOc1ccccc1C1(OC(=O)N2CCC(N3CCN(C)CC3)CC2)C(=O)N(S(=O)(=O)c2ccc(OC)cc2OC)c2ccc(Cl)cc21. The Balaban J connectivity index is 1.43. The van der Waals surface area contributed by atoms with E-state index in [0.717, 1.165) is 39.0 Å². The zero-order valence-corrected chi connectivity index (χ0v) is 29.6. The summed E-state index contributed by atoms with van der Waals surface area (Å²) >= 11 is 6.53. The van der Waals surface area contributed by atoms with Crippen LogP contribution in [0, 0.1) is 0 Å². The molecule has 14 heteroatoms. The highest BCUT2D eigenvalue weighted by atomic mass is 35.5. The minimum absolute atomic E-state index is 0.0138. The molecule has 262 valence electrons. The van der Waals surface area contributed by atoms with Crippen LogP contribution in [0.5, 0.6) is 17.2 Å². The fourth-order valence-electron chi connectivity index (χ4n) is 6.91. The van der Waals surface area contributed by atoms with Crippen LogP contribution in [0.1, 0.15) is 30.9 Å². The van der Waals surface area contributed by atoms with E-state index < -0.39 is 27.6 Å². The smallest absolute Gasteiger partial charge is 0.411 e. The van der Waals surface area contributed by atoms with E-state index in [2.05, 4.69) is 16.8 Å². The standard InChI is InChI=1S/C35H41ClN4O8S/c1-5-47-30-9-7-6-8-27(30)35(48-34(42)39-16-14-25(15-17-39)38-20-18-37(2)19-21-38)28-22-24(36)10-12-29(28)40(33(35)41)49(43,44)32-13-11-26(45-3)23-31(32)46-4/h6-13,22-23,25H,5,14-21H2,1-4H3. The van der Waals surface area contributed by atoms with Gasteiger partial charge in [0.2, 0.25) is 5.60 Å². The van der Waals surface area contributed by atoms with E-state index >= 15 is 4.79 Å². The Morgan fingerprint density at radius 3 is 2.29 bits per heavy atom. The van der Waals surface area contributed by atoms with E-state index in [1.54, 1.807) is 36.1 Å². The molecule has 0 spiro atoms. The number of hydrogen-bond donors (Lipinski definition) is 0. The Kier molecular flexibility index (Phi) is 9.99. The van der Waals surface area contributed by atoms with E-state index in [-0.39, 0.29) is 44.8 Å². The van der Waals surface area contributed by atoms with E-state index in [0.29, 0.717) is 29.2 Å². The average molecular weight is 713 g/mol. The first kappa shape index (κ1) is 34.8. The van der Waals surface area contributed by atoms with Gasteiger partial charge in [0, 0.05) is 62.0 Å². The summed E-state index contributed by atoms with van der Waals surface area (Å²) in [6, 6.07) is 15.5.